The van der Waals surface area contributed by atoms with Crippen molar-refractivity contribution in [1.82, 2.24) is 4.90 Å². The minimum atomic E-state index is -0.708. The van der Waals surface area contributed by atoms with Gasteiger partial charge >= 0.3 is 0 Å². The number of aryl methyl sites for hydroxylation is 2. The van der Waals surface area contributed by atoms with Crippen molar-refractivity contribution in [3.63, 3.8) is 0 Å². The van der Waals surface area contributed by atoms with Crippen molar-refractivity contribution in [2.24, 2.45) is 5.92 Å². The van der Waals surface area contributed by atoms with Crippen molar-refractivity contribution < 1.29 is 5.11 Å². The summed E-state index contributed by atoms with van der Waals surface area (Å²) in [5.41, 5.74) is 5.39. The average Bonchev–Trinajstić information content (AvgIpc) is 2.66. The summed E-state index contributed by atoms with van der Waals surface area (Å²) >= 11 is 6.77. The smallest absolute Gasteiger partial charge is 0.0734 e. The van der Waals surface area contributed by atoms with Gasteiger partial charge in [-0.2, -0.15) is 0 Å². The molecular weight excluding hydrogens is 366 g/mol. The minimum Gasteiger partial charge on any atom is -0.389 e. The lowest BCUT2D eigenvalue weighted by molar-refractivity contribution is -0.0446. The molecule has 0 aromatic heterocycles. The first-order valence-electron chi connectivity index (χ1n) is 10.1. The van der Waals surface area contributed by atoms with E-state index in [0.29, 0.717) is 6.42 Å². The van der Waals surface area contributed by atoms with Crippen LogP contribution < -0.4 is 0 Å². The van der Waals surface area contributed by atoms with Crippen LogP contribution in [-0.2, 0) is 6.42 Å². The first kappa shape index (κ1) is 21.1. The Morgan fingerprint density at radius 3 is 2.54 bits per heavy atom. The van der Waals surface area contributed by atoms with Gasteiger partial charge in [0.05, 0.1) is 5.60 Å². The second-order valence-corrected chi connectivity index (χ2v) is 9.04. The van der Waals surface area contributed by atoms with E-state index in [1.807, 2.05) is 18.2 Å². The normalized spacial score (nSPS) is 24.5. The van der Waals surface area contributed by atoms with Crippen molar-refractivity contribution in [2.75, 3.05) is 20.6 Å². The molecule has 1 aliphatic rings. The average molecular weight is 398 g/mol. The molecular formula is C25H32ClNO. The molecule has 0 radical (unpaired) electrons. The third-order valence-corrected chi connectivity index (χ3v) is 6.52. The van der Waals surface area contributed by atoms with E-state index in [-0.39, 0.29) is 5.92 Å². The maximum Gasteiger partial charge on any atom is 0.0734 e. The molecule has 2 aromatic rings. The van der Waals surface area contributed by atoms with Crippen molar-refractivity contribution in [3.8, 4) is 0 Å². The van der Waals surface area contributed by atoms with Gasteiger partial charge in [0.25, 0.3) is 0 Å². The van der Waals surface area contributed by atoms with Gasteiger partial charge in [-0.1, -0.05) is 71.3 Å². The largest absolute Gasteiger partial charge is 0.389 e. The van der Waals surface area contributed by atoms with Crippen LogP contribution in [0.15, 0.2) is 54.1 Å². The fourth-order valence-electron chi connectivity index (χ4n) is 4.38. The van der Waals surface area contributed by atoms with Gasteiger partial charge in [-0.3, -0.25) is 0 Å². The molecule has 150 valence electrons. The summed E-state index contributed by atoms with van der Waals surface area (Å²) in [6.07, 6.45) is 3.14. The van der Waals surface area contributed by atoms with Crippen LogP contribution in [0.4, 0.5) is 0 Å². The standard InChI is InChI=1S/C25H32ClNO/c1-18-10-11-19(2)22(14-18)16-25(28)13-12-21(15-23(25)17-27(3)4)24(26)20-8-6-5-7-9-20/h5-11,14,23,28H,12-13,15-17H2,1-4H3. The number of rotatable bonds is 5. The lowest BCUT2D eigenvalue weighted by atomic mass is 9.69. The summed E-state index contributed by atoms with van der Waals surface area (Å²) in [5.74, 6) is 0.156. The van der Waals surface area contributed by atoms with E-state index in [4.69, 9.17) is 11.6 Å². The zero-order chi connectivity index (χ0) is 20.3. The third-order valence-electron chi connectivity index (χ3n) is 6.04. The fraction of sp³-hybridized carbons (Fsp3) is 0.440. The van der Waals surface area contributed by atoms with Gasteiger partial charge in [-0.25, -0.2) is 0 Å². The molecule has 3 heteroatoms. The SMILES string of the molecule is Cc1ccc(C)c(CC2(O)CCC(=C(Cl)c3ccccc3)CC2CN(C)C)c1. The van der Waals surface area contributed by atoms with Gasteiger partial charge < -0.3 is 10.0 Å². The Bertz CT molecular complexity index is 843. The molecule has 0 amide bonds. The Labute approximate surface area is 174 Å². The van der Waals surface area contributed by atoms with Gasteiger partial charge in [0, 0.05) is 23.9 Å². The molecule has 0 aliphatic heterocycles. The summed E-state index contributed by atoms with van der Waals surface area (Å²) in [6, 6.07) is 16.7. The zero-order valence-corrected chi connectivity index (χ0v) is 18.3. The van der Waals surface area contributed by atoms with E-state index in [2.05, 4.69) is 63.2 Å². The molecule has 1 fully saturated rings. The molecule has 0 spiro atoms. The molecule has 1 N–H and O–H groups in total. The van der Waals surface area contributed by atoms with Crippen molar-refractivity contribution in [1.29, 1.82) is 0 Å². The van der Waals surface area contributed by atoms with Crippen molar-refractivity contribution in [3.05, 3.63) is 76.4 Å². The molecule has 2 unspecified atom stereocenters. The van der Waals surface area contributed by atoms with Gasteiger partial charge in [0.1, 0.15) is 0 Å². The number of hydrogen-bond acceptors (Lipinski definition) is 2. The predicted molar refractivity (Wildman–Crippen MR) is 120 cm³/mol. The summed E-state index contributed by atoms with van der Waals surface area (Å²) in [7, 11) is 4.16. The Kier molecular flexibility index (Phi) is 6.65. The summed E-state index contributed by atoms with van der Waals surface area (Å²) in [4.78, 5) is 2.18. The van der Waals surface area contributed by atoms with Crippen LogP contribution in [0.25, 0.3) is 5.03 Å². The molecule has 1 aliphatic carbocycles. The van der Waals surface area contributed by atoms with Gasteiger partial charge in [0.15, 0.2) is 0 Å². The predicted octanol–water partition coefficient (Wildman–Crippen LogP) is 5.59. The van der Waals surface area contributed by atoms with Crippen LogP contribution in [0, 0.1) is 19.8 Å². The van der Waals surface area contributed by atoms with Crippen LogP contribution in [0.1, 0.15) is 41.5 Å². The van der Waals surface area contributed by atoms with E-state index in [1.165, 1.54) is 22.3 Å². The Morgan fingerprint density at radius 2 is 1.86 bits per heavy atom. The highest BCUT2D eigenvalue weighted by atomic mass is 35.5. The molecule has 0 bridgehead atoms. The van der Waals surface area contributed by atoms with Crippen molar-refractivity contribution >= 4 is 16.6 Å². The van der Waals surface area contributed by atoms with Gasteiger partial charge in [-0.15, -0.1) is 0 Å². The van der Waals surface area contributed by atoms with Crippen LogP contribution >= 0.6 is 11.6 Å². The lowest BCUT2D eigenvalue weighted by Gasteiger charge is -2.43. The van der Waals surface area contributed by atoms with E-state index in [1.54, 1.807) is 0 Å². The Morgan fingerprint density at radius 1 is 1.14 bits per heavy atom. The highest BCUT2D eigenvalue weighted by Crippen LogP contribution is 2.43. The number of allylic oxidation sites excluding steroid dienone is 1. The Hall–Kier alpha value is -1.61. The Balaban J connectivity index is 1.89. The first-order chi connectivity index (χ1) is 13.3. The summed E-state index contributed by atoms with van der Waals surface area (Å²) in [5, 5.41) is 12.6. The highest BCUT2D eigenvalue weighted by molar-refractivity contribution is 6.49. The summed E-state index contributed by atoms with van der Waals surface area (Å²) in [6.45, 7) is 5.11. The van der Waals surface area contributed by atoms with Gasteiger partial charge in [-0.05, 0) is 63.9 Å². The van der Waals surface area contributed by atoms with Crippen LogP contribution in [0.5, 0.6) is 0 Å². The fourth-order valence-corrected chi connectivity index (χ4v) is 4.68. The van der Waals surface area contributed by atoms with E-state index >= 15 is 0 Å². The topological polar surface area (TPSA) is 23.5 Å². The number of halogens is 1. The first-order valence-corrected chi connectivity index (χ1v) is 10.5. The van der Waals surface area contributed by atoms with Crippen molar-refractivity contribution in [2.45, 2.75) is 45.1 Å². The number of hydrogen-bond donors (Lipinski definition) is 1. The maximum absolute atomic E-state index is 11.7. The van der Waals surface area contributed by atoms with Gasteiger partial charge in [0.2, 0.25) is 0 Å². The molecule has 28 heavy (non-hydrogen) atoms. The molecule has 2 atom stereocenters. The third kappa shape index (κ3) is 4.86. The maximum atomic E-state index is 11.7. The highest BCUT2D eigenvalue weighted by Gasteiger charge is 2.41. The number of aliphatic hydroxyl groups is 1. The number of nitrogens with zero attached hydrogens (tertiary/aromatic N) is 1. The minimum absolute atomic E-state index is 0.156. The van der Waals surface area contributed by atoms with Crippen LogP contribution in [0.2, 0.25) is 0 Å². The number of benzene rings is 2. The molecule has 2 nitrogen and oxygen atoms in total. The zero-order valence-electron chi connectivity index (χ0n) is 17.5. The molecule has 0 saturated heterocycles. The van der Waals surface area contributed by atoms with E-state index in [9.17, 15) is 5.11 Å². The molecule has 1 saturated carbocycles. The van der Waals surface area contributed by atoms with Crippen LogP contribution in [-0.4, -0.2) is 36.2 Å². The summed E-state index contributed by atoms with van der Waals surface area (Å²) < 4.78 is 0. The molecule has 2 aromatic carbocycles. The second kappa shape index (κ2) is 8.82. The van der Waals surface area contributed by atoms with E-state index in [0.717, 1.165) is 36.4 Å². The van der Waals surface area contributed by atoms with E-state index < -0.39 is 5.60 Å². The lowest BCUT2D eigenvalue weighted by Crippen LogP contribution is -2.47. The quantitative estimate of drug-likeness (QED) is 0.710. The van der Waals surface area contributed by atoms with Crippen LogP contribution in [0.3, 0.4) is 0 Å². The monoisotopic (exact) mass is 397 g/mol. The molecule has 0 heterocycles. The molecule has 3 rings (SSSR count). The second-order valence-electron chi connectivity index (χ2n) is 8.66.